The second-order valence-electron chi connectivity index (χ2n) is 6.70. The molecule has 2 amide bonds. The number of nitrogen functional groups attached to an aromatic ring is 1. The molecule has 29 heavy (non-hydrogen) atoms. The molecule has 0 aliphatic carbocycles. The molecule has 0 saturated carbocycles. The van der Waals surface area contributed by atoms with Crippen LogP contribution in [-0.2, 0) is 4.79 Å². The first-order valence-corrected chi connectivity index (χ1v) is 9.74. The summed E-state index contributed by atoms with van der Waals surface area (Å²) in [6.07, 6.45) is 0. The van der Waals surface area contributed by atoms with E-state index in [1.54, 1.807) is 19.2 Å². The van der Waals surface area contributed by atoms with E-state index in [2.05, 4.69) is 10.3 Å². The molecule has 0 fully saturated rings. The molecule has 0 bridgehead atoms. The van der Waals surface area contributed by atoms with Crippen molar-refractivity contribution in [2.24, 2.45) is 0 Å². The van der Waals surface area contributed by atoms with Crippen LogP contribution in [0.5, 0.6) is 5.75 Å². The summed E-state index contributed by atoms with van der Waals surface area (Å²) in [5, 5.41) is 4.42. The molecule has 0 spiro atoms. The number of hydrogen-bond acceptors (Lipinski definition) is 6. The molecule has 2 aromatic heterocycles. The number of amides is 2. The number of methoxy groups -OCH3 is 1. The highest BCUT2D eigenvalue weighted by Gasteiger charge is 2.30. The van der Waals surface area contributed by atoms with Gasteiger partial charge in [-0.3, -0.25) is 14.5 Å². The van der Waals surface area contributed by atoms with Crippen LogP contribution in [0.2, 0.25) is 0 Å². The number of benzene rings is 2. The fourth-order valence-corrected chi connectivity index (χ4v) is 4.53. The summed E-state index contributed by atoms with van der Waals surface area (Å²) in [7, 11) is 1.60. The molecule has 5 rings (SSSR count). The number of nitrogens with zero attached hydrogens (tertiary/aromatic N) is 2. The number of rotatable bonds is 2. The molecular weight excluding hydrogens is 388 g/mol. The Morgan fingerprint density at radius 1 is 1.24 bits per heavy atom. The first-order chi connectivity index (χ1) is 14.0. The Hall–Kier alpha value is -3.65. The summed E-state index contributed by atoms with van der Waals surface area (Å²) >= 11 is 1.23. The average Bonchev–Trinajstić information content (AvgIpc) is 3.06. The van der Waals surface area contributed by atoms with Gasteiger partial charge in [-0.15, -0.1) is 11.3 Å². The summed E-state index contributed by atoms with van der Waals surface area (Å²) in [5.41, 5.74) is 8.74. The number of pyridine rings is 1. The lowest BCUT2D eigenvalue weighted by atomic mass is 10.1. The van der Waals surface area contributed by atoms with E-state index in [9.17, 15) is 9.59 Å². The third-order valence-electron chi connectivity index (χ3n) is 4.93. The van der Waals surface area contributed by atoms with Crippen molar-refractivity contribution in [2.75, 3.05) is 29.6 Å². The van der Waals surface area contributed by atoms with Crippen molar-refractivity contribution >= 4 is 61.3 Å². The summed E-state index contributed by atoms with van der Waals surface area (Å²) in [5.74, 6) is 0.156. The van der Waals surface area contributed by atoms with Crippen LogP contribution < -0.4 is 20.7 Å². The zero-order valence-electron chi connectivity index (χ0n) is 15.4. The SMILES string of the molecule is COc1ccc2cc3c(N)c(C(=O)N4CC(=O)Nc5ccccc54)sc3nc2c1. The number of thiophene rings is 1. The van der Waals surface area contributed by atoms with E-state index < -0.39 is 0 Å². The van der Waals surface area contributed by atoms with Gasteiger partial charge in [0.05, 0.1) is 29.7 Å². The van der Waals surface area contributed by atoms with Crippen molar-refractivity contribution in [3.8, 4) is 5.75 Å². The van der Waals surface area contributed by atoms with Crippen LogP contribution in [0.3, 0.4) is 0 Å². The van der Waals surface area contributed by atoms with Gasteiger partial charge in [-0.05, 0) is 30.3 Å². The van der Waals surface area contributed by atoms with Crippen molar-refractivity contribution in [2.45, 2.75) is 0 Å². The Labute approximate surface area is 169 Å². The Kier molecular flexibility index (Phi) is 3.88. The minimum Gasteiger partial charge on any atom is -0.497 e. The van der Waals surface area contributed by atoms with Crippen LogP contribution in [0, 0.1) is 0 Å². The third-order valence-corrected chi connectivity index (χ3v) is 6.04. The number of carbonyl (C=O) groups excluding carboxylic acids is 2. The van der Waals surface area contributed by atoms with Crippen molar-refractivity contribution in [3.05, 3.63) is 53.4 Å². The molecular formula is C21H16N4O3S. The number of fused-ring (bicyclic) bond motifs is 3. The standard InChI is InChI=1S/C21H16N4O3S/c1-28-12-7-6-11-8-13-18(22)19(29-20(13)24-15(11)9-12)21(27)25-10-17(26)23-14-4-2-3-5-16(14)25/h2-9H,10,22H2,1H3,(H,23,26). The van der Waals surface area contributed by atoms with Gasteiger partial charge in [-0.2, -0.15) is 0 Å². The van der Waals surface area contributed by atoms with Gasteiger partial charge in [0.25, 0.3) is 5.91 Å². The molecule has 1 aliphatic heterocycles. The molecule has 3 heterocycles. The molecule has 1 aliphatic rings. The van der Waals surface area contributed by atoms with Gasteiger partial charge in [-0.1, -0.05) is 12.1 Å². The lowest BCUT2D eigenvalue weighted by Crippen LogP contribution is -2.42. The largest absolute Gasteiger partial charge is 0.497 e. The normalized spacial score (nSPS) is 13.4. The smallest absolute Gasteiger partial charge is 0.271 e. The van der Waals surface area contributed by atoms with Gasteiger partial charge in [0.2, 0.25) is 5.91 Å². The number of hydrogen-bond donors (Lipinski definition) is 2. The van der Waals surface area contributed by atoms with Crippen molar-refractivity contribution in [1.29, 1.82) is 0 Å². The van der Waals surface area contributed by atoms with Crippen LogP contribution in [-0.4, -0.2) is 30.5 Å². The predicted molar refractivity (Wildman–Crippen MR) is 115 cm³/mol. The van der Waals surface area contributed by atoms with E-state index in [1.807, 2.05) is 36.4 Å². The van der Waals surface area contributed by atoms with E-state index in [1.165, 1.54) is 16.2 Å². The number of aromatic nitrogens is 1. The minimum atomic E-state index is -0.311. The van der Waals surface area contributed by atoms with Gasteiger partial charge in [0, 0.05) is 16.8 Å². The second-order valence-corrected chi connectivity index (χ2v) is 7.70. The fourth-order valence-electron chi connectivity index (χ4n) is 3.50. The molecule has 7 nitrogen and oxygen atoms in total. The topological polar surface area (TPSA) is 97.5 Å². The van der Waals surface area contributed by atoms with Gasteiger partial charge in [-0.25, -0.2) is 4.98 Å². The minimum absolute atomic E-state index is 0.0594. The predicted octanol–water partition coefficient (Wildman–Crippen LogP) is 3.64. The number of nitrogens with one attached hydrogen (secondary N) is 1. The Morgan fingerprint density at radius 2 is 2.07 bits per heavy atom. The van der Waals surface area contributed by atoms with E-state index in [0.717, 1.165) is 16.3 Å². The average molecular weight is 404 g/mol. The maximum atomic E-state index is 13.3. The number of ether oxygens (including phenoxy) is 1. The molecule has 0 saturated heterocycles. The summed E-state index contributed by atoms with van der Waals surface area (Å²) in [6, 6.07) is 14.7. The van der Waals surface area contributed by atoms with Crippen LogP contribution >= 0.6 is 11.3 Å². The van der Waals surface area contributed by atoms with Gasteiger partial charge in [0.15, 0.2) is 0 Å². The Morgan fingerprint density at radius 3 is 2.90 bits per heavy atom. The van der Waals surface area contributed by atoms with E-state index in [4.69, 9.17) is 10.5 Å². The van der Waals surface area contributed by atoms with Crippen molar-refractivity contribution in [3.63, 3.8) is 0 Å². The van der Waals surface area contributed by atoms with E-state index >= 15 is 0 Å². The number of para-hydroxylation sites is 2. The molecule has 3 N–H and O–H groups in total. The zero-order chi connectivity index (χ0) is 20.1. The van der Waals surface area contributed by atoms with E-state index in [-0.39, 0.29) is 18.4 Å². The second kappa shape index (κ2) is 6.46. The molecule has 0 atom stereocenters. The highest BCUT2D eigenvalue weighted by atomic mass is 32.1. The maximum absolute atomic E-state index is 13.3. The van der Waals surface area contributed by atoms with Crippen LogP contribution in [0.15, 0.2) is 48.5 Å². The first kappa shape index (κ1) is 17.4. The highest BCUT2D eigenvalue weighted by molar-refractivity contribution is 7.21. The summed E-state index contributed by atoms with van der Waals surface area (Å²) in [6.45, 7) is -0.0594. The molecule has 4 aromatic rings. The lowest BCUT2D eigenvalue weighted by Gasteiger charge is -2.28. The molecule has 0 unspecified atom stereocenters. The number of carbonyl (C=O) groups is 2. The lowest BCUT2D eigenvalue weighted by molar-refractivity contribution is -0.115. The Balaban J connectivity index is 1.63. The highest BCUT2D eigenvalue weighted by Crippen LogP contribution is 2.38. The third kappa shape index (κ3) is 2.76. The first-order valence-electron chi connectivity index (χ1n) is 8.92. The number of anilines is 3. The quantitative estimate of drug-likeness (QED) is 0.532. The molecule has 0 radical (unpaired) electrons. The van der Waals surface area contributed by atoms with Crippen LogP contribution in [0.25, 0.3) is 21.1 Å². The summed E-state index contributed by atoms with van der Waals surface area (Å²) in [4.78, 5) is 32.6. The molecule has 8 heteroatoms. The van der Waals surface area contributed by atoms with Crippen molar-refractivity contribution in [1.82, 2.24) is 4.98 Å². The summed E-state index contributed by atoms with van der Waals surface area (Å²) < 4.78 is 5.26. The zero-order valence-corrected chi connectivity index (χ0v) is 16.2. The molecule has 144 valence electrons. The fraction of sp³-hybridized carbons (Fsp3) is 0.0952. The van der Waals surface area contributed by atoms with Gasteiger partial charge in [0.1, 0.15) is 22.0 Å². The monoisotopic (exact) mass is 404 g/mol. The molecule has 2 aromatic carbocycles. The number of nitrogens with two attached hydrogens (primary N) is 1. The van der Waals surface area contributed by atoms with Crippen molar-refractivity contribution < 1.29 is 14.3 Å². The maximum Gasteiger partial charge on any atom is 0.271 e. The Bertz CT molecular complexity index is 1310. The van der Waals surface area contributed by atoms with E-state index in [0.29, 0.717) is 32.5 Å². The van der Waals surface area contributed by atoms with Gasteiger partial charge < -0.3 is 15.8 Å². The van der Waals surface area contributed by atoms with Gasteiger partial charge >= 0.3 is 0 Å². The van der Waals surface area contributed by atoms with Crippen LogP contribution in [0.4, 0.5) is 17.1 Å². The van der Waals surface area contributed by atoms with Crippen LogP contribution in [0.1, 0.15) is 9.67 Å².